The van der Waals surface area contributed by atoms with Crippen LogP contribution >= 0.6 is 0 Å². The summed E-state index contributed by atoms with van der Waals surface area (Å²) in [5.41, 5.74) is 1.10. The maximum absolute atomic E-state index is 11.6. The van der Waals surface area contributed by atoms with Crippen LogP contribution in [-0.2, 0) is 14.6 Å². The number of furan rings is 1. The van der Waals surface area contributed by atoms with E-state index in [0.717, 1.165) is 30.2 Å². The summed E-state index contributed by atoms with van der Waals surface area (Å²) >= 11 is 0. The maximum Gasteiger partial charge on any atom is 0.175 e. The summed E-state index contributed by atoms with van der Waals surface area (Å²) in [7, 11) is -3.16. The van der Waals surface area contributed by atoms with Crippen molar-refractivity contribution in [2.75, 3.05) is 26.0 Å². The second-order valence-corrected chi connectivity index (χ2v) is 8.34. The quantitative estimate of drug-likeness (QED) is 0.849. The first kappa shape index (κ1) is 17.2. The van der Waals surface area contributed by atoms with Gasteiger partial charge in [0.15, 0.2) is 9.84 Å². The zero-order chi connectivity index (χ0) is 17.3. The second kappa shape index (κ2) is 6.70. The summed E-state index contributed by atoms with van der Waals surface area (Å²) in [5, 5.41) is 0. The number of aryl methyl sites for hydroxylation is 1. The third kappa shape index (κ3) is 3.71. The van der Waals surface area contributed by atoms with E-state index in [1.165, 1.54) is 6.26 Å². The Morgan fingerprint density at radius 2 is 1.88 bits per heavy atom. The van der Waals surface area contributed by atoms with Crippen molar-refractivity contribution in [2.45, 2.75) is 30.9 Å². The molecule has 1 aliphatic heterocycles. The minimum atomic E-state index is -3.16. The highest BCUT2D eigenvalue weighted by Crippen LogP contribution is 2.29. The highest BCUT2D eigenvalue weighted by Gasteiger charge is 2.27. The molecule has 0 bridgehead atoms. The van der Waals surface area contributed by atoms with Gasteiger partial charge in [0.05, 0.1) is 11.5 Å². The summed E-state index contributed by atoms with van der Waals surface area (Å²) < 4.78 is 34.7. The van der Waals surface area contributed by atoms with Crippen LogP contribution in [0.3, 0.4) is 0 Å². The third-order valence-electron chi connectivity index (χ3n) is 4.51. The molecular formula is C18H23NO4S. The molecule has 130 valence electrons. The van der Waals surface area contributed by atoms with Gasteiger partial charge in [0.2, 0.25) is 0 Å². The van der Waals surface area contributed by atoms with E-state index in [-0.39, 0.29) is 12.1 Å². The average Bonchev–Trinajstić information content (AvgIpc) is 3.00. The molecule has 0 aliphatic carbocycles. The molecule has 0 unspecified atom stereocenters. The van der Waals surface area contributed by atoms with Gasteiger partial charge in [-0.3, -0.25) is 4.90 Å². The predicted octanol–water partition coefficient (Wildman–Crippen LogP) is 3.13. The van der Waals surface area contributed by atoms with Crippen LogP contribution in [0.5, 0.6) is 0 Å². The Balaban J connectivity index is 1.73. The minimum absolute atomic E-state index is 0.0646. The van der Waals surface area contributed by atoms with Gasteiger partial charge < -0.3 is 9.15 Å². The van der Waals surface area contributed by atoms with Crippen LogP contribution in [0.4, 0.5) is 0 Å². The Labute approximate surface area is 143 Å². The second-order valence-electron chi connectivity index (χ2n) is 6.32. The lowest BCUT2D eigenvalue weighted by molar-refractivity contribution is -0.0525. The van der Waals surface area contributed by atoms with E-state index in [0.29, 0.717) is 11.5 Å². The van der Waals surface area contributed by atoms with Crippen LogP contribution in [-0.4, -0.2) is 39.3 Å². The monoisotopic (exact) mass is 349 g/mol. The van der Waals surface area contributed by atoms with Crippen molar-refractivity contribution in [3.8, 4) is 0 Å². The fourth-order valence-electron chi connectivity index (χ4n) is 3.02. The van der Waals surface area contributed by atoms with Gasteiger partial charge in [-0.2, -0.15) is 0 Å². The molecule has 1 aliphatic rings. The van der Waals surface area contributed by atoms with Gasteiger partial charge in [0.1, 0.15) is 17.6 Å². The molecule has 6 heteroatoms. The molecule has 0 N–H and O–H groups in total. The number of hydrogen-bond acceptors (Lipinski definition) is 5. The highest BCUT2D eigenvalue weighted by molar-refractivity contribution is 7.90. The van der Waals surface area contributed by atoms with E-state index >= 15 is 0 Å². The minimum Gasteiger partial charge on any atom is -0.464 e. The van der Waals surface area contributed by atoms with Gasteiger partial charge in [-0.25, -0.2) is 8.42 Å². The van der Waals surface area contributed by atoms with Crippen molar-refractivity contribution in [3.63, 3.8) is 0 Å². The van der Waals surface area contributed by atoms with Crippen molar-refractivity contribution in [3.05, 3.63) is 53.5 Å². The molecule has 5 nitrogen and oxygen atoms in total. The molecule has 1 fully saturated rings. The molecule has 0 amide bonds. The smallest absolute Gasteiger partial charge is 0.175 e. The number of benzene rings is 1. The largest absolute Gasteiger partial charge is 0.464 e. The van der Waals surface area contributed by atoms with E-state index < -0.39 is 9.84 Å². The van der Waals surface area contributed by atoms with E-state index in [4.69, 9.17) is 9.15 Å². The summed E-state index contributed by atoms with van der Waals surface area (Å²) in [6, 6.07) is 11.2. The average molecular weight is 349 g/mol. The predicted molar refractivity (Wildman–Crippen MR) is 91.7 cm³/mol. The highest BCUT2D eigenvalue weighted by atomic mass is 32.2. The Hall–Kier alpha value is -1.63. The first-order valence-corrected chi connectivity index (χ1v) is 9.96. The molecule has 1 aromatic carbocycles. The first-order valence-electron chi connectivity index (χ1n) is 8.06. The lowest BCUT2D eigenvalue weighted by atomic mass is 10.1. The lowest BCUT2D eigenvalue weighted by Crippen LogP contribution is -2.39. The van der Waals surface area contributed by atoms with Gasteiger partial charge in [0.25, 0.3) is 0 Å². The van der Waals surface area contributed by atoms with Crippen LogP contribution in [0.25, 0.3) is 0 Å². The number of hydrogen-bond donors (Lipinski definition) is 0. The Morgan fingerprint density at radius 1 is 1.17 bits per heavy atom. The van der Waals surface area contributed by atoms with Crippen molar-refractivity contribution in [1.82, 2.24) is 4.90 Å². The SMILES string of the molecule is Cc1ccc([C@H]2CN([C@@H](C)c3ccc(S(C)(=O)=O)cc3)CCO2)o1. The molecule has 0 radical (unpaired) electrons. The molecule has 2 heterocycles. The molecule has 3 rings (SSSR count). The normalized spacial score (nSPS) is 20.9. The number of morpholine rings is 1. The Kier molecular flexibility index (Phi) is 4.80. The Bertz CT molecular complexity index is 795. The fourth-order valence-corrected chi connectivity index (χ4v) is 3.65. The molecule has 1 saturated heterocycles. The lowest BCUT2D eigenvalue weighted by Gasteiger charge is -2.36. The van der Waals surface area contributed by atoms with E-state index in [2.05, 4.69) is 11.8 Å². The standard InChI is InChI=1S/C18H23NO4S/c1-13-4-9-17(23-13)18-12-19(10-11-22-18)14(2)15-5-7-16(8-6-15)24(3,20)21/h4-9,14,18H,10-12H2,1-3H3/t14-,18+/m0/s1. The van der Waals surface area contributed by atoms with Gasteiger partial charge in [-0.1, -0.05) is 12.1 Å². The summed E-state index contributed by atoms with van der Waals surface area (Å²) in [4.78, 5) is 2.69. The first-order chi connectivity index (χ1) is 11.3. The summed E-state index contributed by atoms with van der Waals surface area (Å²) in [6.45, 7) is 6.30. The zero-order valence-corrected chi connectivity index (χ0v) is 15.0. The van der Waals surface area contributed by atoms with Crippen molar-refractivity contribution in [2.24, 2.45) is 0 Å². The van der Waals surface area contributed by atoms with Gasteiger partial charge >= 0.3 is 0 Å². The van der Waals surface area contributed by atoms with Crippen LogP contribution in [0.15, 0.2) is 45.7 Å². The van der Waals surface area contributed by atoms with E-state index in [1.807, 2.05) is 31.2 Å². The Morgan fingerprint density at radius 3 is 2.46 bits per heavy atom. The molecule has 2 atom stereocenters. The van der Waals surface area contributed by atoms with Gasteiger partial charge in [0, 0.05) is 25.4 Å². The van der Waals surface area contributed by atoms with Crippen molar-refractivity contribution >= 4 is 9.84 Å². The number of nitrogens with zero attached hydrogens (tertiary/aromatic N) is 1. The van der Waals surface area contributed by atoms with Crippen LogP contribution < -0.4 is 0 Å². The van der Waals surface area contributed by atoms with E-state index in [9.17, 15) is 8.42 Å². The number of rotatable bonds is 4. The number of ether oxygens (including phenoxy) is 1. The van der Waals surface area contributed by atoms with Crippen LogP contribution in [0.1, 0.15) is 36.2 Å². The summed E-state index contributed by atoms with van der Waals surface area (Å²) in [6.07, 6.45) is 1.16. The van der Waals surface area contributed by atoms with Crippen molar-refractivity contribution < 1.29 is 17.6 Å². The van der Waals surface area contributed by atoms with Gasteiger partial charge in [-0.05, 0) is 43.7 Å². The molecule has 2 aromatic rings. The topological polar surface area (TPSA) is 59.8 Å². The number of sulfone groups is 1. The van der Waals surface area contributed by atoms with E-state index in [1.54, 1.807) is 12.1 Å². The maximum atomic E-state index is 11.6. The molecule has 0 spiro atoms. The molecule has 0 saturated carbocycles. The molecule has 1 aromatic heterocycles. The third-order valence-corrected chi connectivity index (χ3v) is 5.64. The fraction of sp³-hybridized carbons (Fsp3) is 0.444. The summed E-state index contributed by atoms with van der Waals surface area (Å²) in [5.74, 6) is 1.74. The van der Waals surface area contributed by atoms with Crippen LogP contribution in [0, 0.1) is 6.92 Å². The zero-order valence-electron chi connectivity index (χ0n) is 14.2. The van der Waals surface area contributed by atoms with Crippen LogP contribution in [0.2, 0.25) is 0 Å². The molecular weight excluding hydrogens is 326 g/mol. The molecule has 24 heavy (non-hydrogen) atoms. The van der Waals surface area contributed by atoms with Crippen molar-refractivity contribution in [1.29, 1.82) is 0 Å². The van der Waals surface area contributed by atoms with Gasteiger partial charge in [-0.15, -0.1) is 0 Å².